The molecular formula is C17H25NO4. The third kappa shape index (κ3) is 2.35. The number of amides is 1. The average molecular weight is 307 g/mol. The molecule has 1 spiro atoms. The Morgan fingerprint density at radius 1 is 1.55 bits per heavy atom. The van der Waals surface area contributed by atoms with E-state index in [1.807, 2.05) is 30.9 Å². The maximum Gasteiger partial charge on any atom is 0.312 e. The Morgan fingerprint density at radius 3 is 3.00 bits per heavy atom. The molecule has 3 heterocycles. The van der Waals surface area contributed by atoms with Crippen molar-refractivity contribution in [3.8, 4) is 0 Å². The van der Waals surface area contributed by atoms with Gasteiger partial charge in [-0.2, -0.15) is 0 Å². The number of carbonyl (C=O) groups is 2. The van der Waals surface area contributed by atoms with Gasteiger partial charge in [0.15, 0.2) is 0 Å². The minimum Gasteiger partial charge on any atom is -0.465 e. The van der Waals surface area contributed by atoms with Crippen molar-refractivity contribution in [2.24, 2.45) is 17.8 Å². The van der Waals surface area contributed by atoms with E-state index in [4.69, 9.17) is 9.47 Å². The summed E-state index contributed by atoms with van der Waals surface area (Å²) in [5.41, 5.74) is -0.600. The third-order valence-corrected chi connectivity index (χ3v) is 4.79. The Kier molecular flexibility index (Phi) is 4.02. The highest BCUT2D eigenvalue weighted by Crippen LogP contribution is 2.52. The number of hydrogen-bond acceptors (Lipinski definition) is 4. The van der Waals surface area contributed by atoms with Crippen LogP contribution in [0.4, 0.5) is 0 Å². The van der Waals surface area contributed by atoms with E-state index in [1.54, 1.807) is 0 Å². The summed E-state index contributed by atoms with van der Waals surface area (Å²) in [6, 6.07) is 0. The van der Waals surface area contributed by atoms with Crippen molar-refractivity contribution < 1.29 is 19.1 Å². The van der Waals surface area contributed by atoms with E-state index in [9.17, 15) is 9.59 Å². The second kappa shape index (κ2) is 5.69. The van der Waals surface area contributed by atoms with Crippen molar-refractivity contribution in [1.82, 2.24) is 4.90 Å². The van der Waals surface area contributed by atoms with Crippen LogP contribution in [-0.2, 0) is 19.1 Å². The van der Waals surface area contributed by atoms with Crippen molar-refractivity contribution in [1.29, 1.82) is 0 Å². The summed E-state index contributed by atoms with van der Waals surface area (Å²) >= 11 is 0. The lowest BCUT2D eigenvalue weighted by molar-refractivity contribution is -0.154. The van der Waals surface area contributed by atoms with E-state index < -0.39 is 17.4 Å². The monoisotopic (exact) mass is 307 g/mol. The molecule has 5 heteroatoms. The standard InChI is InChI=1S/C17H25NO4/c1-4-5-8-18-10-17-7-6-12(22-17)13(14(17)15(18)19)16(20)21-9-11(2)3/h6-7,11-14H,4-5,8-10H2,1-3H3. The summed E-state index contributed by atoms with van der Waals surface area (Å²) in [6.45, 7) is 7.80. The molecule has 0 aliphatic carbocycles. The van der Waals surface area contributed by atoms with Gasteiger partial charge in [0, 0.05) is 6.54 Å². The van der Waals surface area contributed by atoms with E-state index in [2.05, 4.69) is 6.92 Å². The normalized spacial score (nSPS) is 35.5. The van der Waals surface area contributed by atoms with Crippen LogP contribution in [0.5, 0.6) is 0 Å². The summed E-state index contributed by atoms with van der Waals surface area (Å²) in [4.78, 5) is 27.0. The van der Waals surface area contributed by atoms with Crippen LogP contribution in [0.25, 0.3) is 0 Å². The zero-order valence-electron chi connectivity index (χ0n) is 13.6. The molecular weight excluding hydrogens is 282 g/mol. The van der Waals surface area contributed by atoms with E-state index in [1.165, 1.54) is 0 Å². The summed E-state index contributed by atoms with van der Waals surface area (Å²) in [5, 5.41) is 0. The molecule has 0 saturated carbocycles. The molecule has 22 heavy (non-hydrogen) atoms. The van der Waals surface area contributed by atoms with Gasteiger partial charge < -0.3 is 14.4 Å². The Balaban J connectivity index is 1.76. The average Bonchev–Trinajstić information content (AvgIpc) is 3.11. The summed E-state index contributed by atoms with van der Waals surface area (Å²) in [5.74, 6) is -0.845. The minimum atomic E-state index is -0.600. The summed E-state index contributed by atoms with van der Waals surface area (Å²) in [7, 11) is 0. The molecule has 4 atom stereocenters. The van der Waals surface area contributed by atoms with E-state index in [-0.39, 0.29) is 23.9 Å². The molecule has 1 amide bonds. The van der Waals surface area contributed by atoms with Crippen LogP contribution in [-0.4, -0.2) is 48.2 Å². The van der Waals surface area contributed by atoms with Gasteiger partial charge in [0.05, 0.1) is 25.2 Å². The molecule has 4 unspecified atom stereocenters. The van der Waals surface area contributed by atoms with Crippen molar-refractivity contribution in [3.63, 3.8) is 0 Å². The maximum absolute atomic E-state index is 12.7. The molecule has 5 nitrogen and oxygen atoms in total. The molecule has 2 saturated heterocycles. The van der Waals surface area contributed by atoms with Gasteiger partial charge >= 0.3 is 5.97 Å². The van der Waals surface area contributed by atoms with Crippen molar-refractivity contribution in [3.05, 3.63) is 12.2 Å². The van der Waals surface area contributed by atoms with Crippen molar-refractivity contribution in [2.45, 2.75) is 45.3 Å². The smallest absolute Gasteiger partial charge is 0.312 e. The highest BCUT2D eigenvalue weighted by molar-refractivity contribution is 5.91. The third-order valence-electron chi connectivity index (χ3n) is 4.79. The lowest BCUT2D eigenvalue weighted by Gasteiger charge is -2.23. The zero-order chi connectivity index (χ0) is 15.9. The number of carbonyl (C=O) groups excluding carboxylic acids is 2. The van der Waals surface area contributed by atoms with Crippen LogP contribution < -0.4 is 0 Å². The SMILES string of the molecule is CCCCN1CC23C=CC(O2)C(C(=O)OCC(C)C)C3C1=O. The van der Waals surface area contributed by atoms with Crippen LogP contribution in [0.3, 0.4) is 0 Å². The Morgan fingerprint density at radius 2 is 2.32 bits per heavy atom. The second-order valence-corrected chi connectivity index (χ2v) is 7.04. The molecule has 2 bridgehead atoms. The quantitative estimate of drug-likeness (QED) is 0.554. The van der Waals surface area contributed by atoms with Gasteiger partial charge in [-0.05, 0) is 12.3 Å². The zero-order valence-corrected chi connectivity index (χ0v) is 13.6. The van der Waals surface area contributed by atoms with Gasteiger partial charge in [-0.25, -0.2) is 0 Å². The first kappa shape index (κ1) is 15.5. The molecule has 3 aliphatic heterocycles. The molecule has 3 rings (SSSR count). The van der Waals surface area contributed by atoms with Crippen molar-refractivity contribution >= 4 is 11.9 Å². The van der Waals surface area contributed by atoms with Crippen molar-refractivity contribution in [2.75, 3.05) is 19.7 Å². The fourth-order valence-corrected chi connectivity index (χ4v) is 3.73. The predicted octanol–water partition coefficient (Wildman–Crippen LogP) is 1.77. The summed E-state index contributed by atoms with van der Waals surface area (Å²) in [6.07, 6.45) is 5.62. The van der Waals surface area contributed by atoms with Gasteiger partial charge in [0.2, 0.25) is 5.91 Å². The number of esters is 1. The van der Waals surface area contributed by atoms with E-state index in [0.717, 1.165) is 19.4 Å². The molecule has 3 aliphatic rings. The first-order valence-electron chi connectivity index (χ1n) is 8.31. The first-order chi connectivity index (χ1) is 10.5. The highest BCUT2D eigenvalue weighted by atomic mass is 16.6. The maximum atomic E-state index is 12.7. The minimum absolute atomic E-state index is 0.0480. The molecule has 122 valence electrons. The van der Waals surface area contributed by atoms with Gasteiger partial charge in [-0.1, -0.05) is 39.3 Å². The second-order valence-electron chi connectivity index (χ2n) is 7.04. The number of rotatable bonds is 6. The van der Waals surface area contributed by atoms with Crippen LogP contribution in [0, 0.1) is 17.8 Å². The summed E-state index contributed by atoms with van der Waals surface area (Å²) < 4.78 is 11.4. The number of fused-ring (bicyclic) bond motifs is 1. The van der Waals surface area contributed by atoms with Gasteiger partial charge in [0.25, 0.3) is 0 Å². The lowest BCUT2D eigenvalue weighted by atomic mass is 9.77. The number of hydrogen-bond donors (Lipinski definition) is 0. The molecule has 2 fully saturated rings. The molecule has 0 N–H and O–H groups in total. The van der Waals surface area contributed by atoms with Crippen LogP contribution in [0.15, 0.2) is 12.2 Å². The highest BCUT2D eigenvalue weighted by Gasteiger charge is 2.67. The molecule has 0 aromatic carbocycles. The van der Waals surface area contributed by atoms with E-state index in [0.29, 0.717) is 13.2 Å². The number of nitrogens with zero attached hydrogens (tertiary/aromatic N) is 1. The Labute approximate surface area is 131 Å². The van der Waals surface area contributed by atoms with Gasteiger partial charge in [-0.15, -0.1) is 0 Å². The Hall–Kier alpha value is -1.36. The number of unbranched alkanes of at least 4 members (excludes halogenated alkanes) is 1. The van der Waals surface area contributed by atoms with Crippen LogP contribution in [0.1, 0.15) is 33.6 Å². The number of ether oxygens (including phenoxy) is 2. The predicted molar refractivity (Wildman–Crippen MR) is 81.0 cm³/mol. The fourth-order valence-electron chi connectivity index (χ4n) is 3.73. The number of likely N-dealkylation sites (tertiary alicyclic amines) is 1. The van der Waals surface area contributed by atoms with Crippen LogP contribution >= 0.6 is 0 Å². The first-order valence-corrected chi connectivity index (χ1v) is 8.31. The van der Waals surface area contributed by atoms with Gasteiger partial charge in [0.1, 0.15) is 11.5 Å². The topological polar surface area (TPSA) is 55.8 Å². The molecule has 0 aromatic rings. The lowest BCUT2D eigenvalue weighted by Crippen LogP contribution is -2.40. The van der Waals surface area contributed by atoms with E-state index >= 15 is 0 Å². The molecule has 0 radical (unpaired) electrons. The molecule has 0 aromatic heterocycles. The fraction of sp³-hybridized carbons (Fsp3) is 0.765. The largest absolute Gasteiger partial charge is 0.465 e. The Bertz CT molecular complexity index is 501. The van der Waals surface area contributed by atoms with Gasteiger partial charge in [-0.3, -0.25) is 9.59 Å². The van der Waals surface area contributed by atoms with Crippen LogP contribution in [0.2, 0.25) is 0 Å².